The number of hydrogen-bond acceptors (Lipinski definition) is 6. The lowest BCUT2D eigenvalue weighted by Gasteiger charge is -2.42. The molecule has 1 heterocycles. The van der Waals surface area contributed by atoms with Gasteiger partial charge in [-0.2, -0.15) is 0 Å². The van der Waals surface area contributed by atoms with Gasteiger partial charge in [0, 0.05) is 39.8 Å². The number of benzene rings is 1. The molecule has 0 bridgehead atoms. The minimum absolute atomic E-state index is 0.0987. The number of carboxylic acids is 1. The number of aliphatic carboxylic acids is 1. The number of rotatable bonds is 4. The second-order valence-corrected chi connectivity index (χ2v) is 9.84. The van der Waals surface area contributed by atoms with Crippen LogP contribution in [0.25, 0.3) is 0 Å². The quantitative estimate of drug-likeness (QED) is 0.373. The van der Waals surface area contributed by atoms with Crippen LogP contribution in [0, 0.1) is 17.8 Å². The first kappa shape index (κ1) is 23.2. The number of phenols is 1. The van der Waals surface area contributed by atoms with Crippen LogP contribution in [0.5, 0.6) is 5.75 Å². The molecule has 2 amide bonds. The van der Waals surface area contributed by atoms with E-state index in [0.29, 0.717) is 21.7 Å². The minimum atomic E-state index is -1.11. The monoisotopic (exact) mass is 495 g/mol. The van der Waals surface area contributed by atoms with Gasteiger partial charge in [-0.05, 0) is 50.0 Å². The summed E-state index contributed by atoms with van der Waals surface area (Å²) >= 11 is 6.22. The summed E-state index contributed by atoms with van der Waals surface area (Å²) in [6.45, 7) is 1.34. The van der Waals surface area contributed by atoms with E-state index < -0.39 is 41.5 Å². The molecule has 1 aromatic carbocycles. The predicted molar refractivity (Wildman–Crippen MR) is 123 cm³/mol. The molecule has 5 rings (SSSR count). The van der Waals surface area contributed by atoms with Crippen LogP contribution in [0.1, 0.15) is 37.7 Å². The zero-order chi connectivity index (χ0) is 25.2. The van der Waals surface area contributed by atoms with Gasteiger partial charge in [0.15, 0.2) is 11.6 Å². The van der Waals surface area contributed by atoms with Crippen molar-refractivity contribution in [3.63, 3.8) is 0 Å². The highest BCUT2D eigenvalue weighted by Gasteiger charge is 2.56. The van der Waals surface area contributed by atoms with E-state index in [9.17, 15) is 29.1 Å². The van der Waals surface area contributed by atoms with Gasteiger partial charge in [-0.15, -0.1) is 0 Å². The van der Waals surface area contributed by atoms with Crippen molar-refractivity contribution in [2.45, 2.75) is 32.1 Å². The summed E-state index contributed by atoms with van der Waals surface area (Å²) in [5, 5.41) is 20.1. The number of halogens is 1. The molecule has 180 valence electrons. The summed E-state index contributed by atoms with van der Waals surface area (Å²) < 4.78 is 0. The first-order valence-corrected chi connectivity index (χ1v) is 11.7. The third kappa shape index (κ3) is 3.55. The van der Waals surface area contributed by atoms with E-state index in [0.717, 1.165) is 4.90 Å². The topological polar surface area (TPSA) is 129 Å². The van der Waals surface area contributed by atoms with Crippen LogP contribution in [0.3, 0.4) is 0 Å². The number of carbonyl (C=O) groups excluding carboxylic acids is 4. The van der Waals surface area contributed by atoms with Crippen molar-refractivity contribution in [1.29, 1.82) is 0 Å². The molecule has 0 saturated carbocycles. The van der Waals surface area contributed by atoms with E-state index in [1.807, 2.05) is 6.08 Å². The molecule has 4 aliphatic rings. The molecule has 1 aromatic rings. The number of nitrogens with zero attached hydrogens (tertiary/aromatic N) is 1. The second kappa shape index (κ2) is 8.30. The molecule has 1 saturated heterocycles. The van der Waals surface area contributed by atoms with Crippen molar-refractivity contribution in [3.8, 4) is 5.75 Å². The molecule has 8 nitrogen and oxygen atoms in total. The van der Waals surface area contributed by atoms with E-state index in [2.05, 4.69) is 0 Å². The normalized spacial score (nSPS) is 27.9. The Hall–Kier alpha value is -3.52. The first-order valence-electron chi connectivity index (χ1n) is 11.4. The number of phenolic OH excluding ortho intramolecular Hbond substituents is 1. The molecule has 9 heteroatoms. The summed E-state index contributed by atoms with van der Waals surface area (Å²) in [6, 6.07) is 4.48. The lowest BCUT2D eigenvalue weighted by Crippen LogP contribution is -2.40. The Labute approximate surface area is 205 Å². The van der Waals surface area contributed by atoms with E-state index in [4.69, 9.17) is 16.7 Å². The van der Waals surface area contributed by atoms with Crippen molar-refractivity contribution in [2.24, 2.45) is 17.8 Å². The maximum atomic E-state index is 13.4. The van der Waals surface area contributed by atoms with Gasteiger partial charge in [-0.3, -0.25) is 28.9 Å². The maximum Gasteiger partial charge on any atom is 0.305 e. The summed E-state index contributed by atoms with van der Waals surface area (Å²) in [4.78, 5) is 64.8. The molecule has 4 atom stereocenters. The van der Waals surface area contributed by atoms with Gasteiger partial charge in [0.1, 0.15) is 5.75 Å². The van der Waals surface area contributed by atoms with Crippen LogP contribution in [0.15, 0.2) is 52.6 Å². The van der Waals surface area contributed by atoms with Crippen molar-refractivity contribution in [1.82, 2.24) is 4.90 Å². The predicted octanol–water partition coefficient (Wildman–Crippen LogP) is 2.95. The smallest absolute Gasteiger partial charge is 0.305 e. The molecular formula is C26H22ClNO7. The summed E-state index contributed by atoms with van der Waals surface area (Å²) in [7, 11) is 0. The van der Waals surface area contributed by atoms with Gasteiger partial charge in [-0.25, -0.2) is 0 Å². The van der Waals surface area contributed by atoms with Crippen LogP contribution in [0.2, 0.25) is 5.02 Å². The third-order valence-electron chi connectivity index (χ3n) is 7.50. The molecule has 3 aliphatic carbocycles. The van der Waals surface area contributed by atoms with Gasteiger partial charge in [0.05, 0.1) is 18.3 Å². The molecule has 35 heavy (non-hydrogen) atoms. The lowest BCUT2D eigenvalue weighted by molar-refractivity contribution is -0.142. The fourth-order valence-electron chi connectivity index (χ4n) is 5.99. The van der Waals surface area contributed by atoms with Crippen LogP contribution < -0.4 is 0 Å². The number of aromatic hydroxyl groups is 1. The largest absolute Gasteiger partial charge is 0.508 e. The SMILES string of the molecule is CC1=CC(=O)C2=C(CC3C(=CCC4C(=O)N(CCC(=O)O)C(=O)C43)C2c2cc(Cl)ccc2O)C1=O. The van der Waals surface area contributed by atoms with E-state index in [1.54, 1.807) is 13.0 Å². The lowest BCUT2D eigenvalue weighted by atomic mass is 9.59. The molecule has 4 unspecified atom stereocenters. The Balaban J connectivity index is 1.65. The summed E-state index contributed by atoms with van der Waals surface area (Å²) in [5.74, 6) is -5.50. The van der Waals surface area contributed by atoms with Crippen LogP contribution in [0.4, 0.5) is 0 Å². The fourth-order valence-corrected chi connectivity index (χ4v) is 6.17. The highest BCUT2D eigenvalue weighted by molar-refractivity contribution is 6.30. The molecule has 0 aromatic heterocycles. The average Bonchev–Trinajstić information content (AvgIpc) is 3.06. The number of amides is 2. The van der Waals surface area contributed by atoms with E-state index in [1.165, 1.54) is 18.2 Å². The van der Waals surface area contributed by atoms with Crippen LogP contribution >= 0.6 is 11.6 Å². The van der Waals surface area contributed by atoms with Crippen LogP contribution in [-0.4, -0.2) is 51.0 Å². The van der Waals surface area contributed by atoms with Crippen molar-refractivity contribution < 1.29 is 34.2 Å². The Morgan fingerprint density at radius 2 is 1.89 bits per heavy atom. The Bertz CT molecular complexity index is 1320. The molecule has 0 spiro atoms. The van der Waals surface area contributed by atoms with E-state index >= 15 is 0 Å². The van der Waals surface area contributed by atoms with Gasteiger partial charge < -0.3 is 10.2 Å². The Morgan fingerprint density at radius 3 is 2.60 bits per heavy atom. The van der Waals surface area contributed by atoms with Gasteiger partial charge in [-0.1, -0.05) is 23.3 Å². The standard InChI is InChI=1S/C26H22ClNO7/c1-11-8-19(30)23-17(24(11)33)10-15-13(21(23)16-9-12(27)2-5-18(16)29)3-4-14-22(15)26(35)28(25(14)34)7-6-20(31)32/h2-3,5,8-9,14-15,21-22,29H,4,6-7,10H2,1H3,(H,31,32). The van der Waals surface area contributed by atoms with Gasteiger partial charge >= 0.3 is 5.97 Å². The number of hydrogen-bond donors (Lipinski definition) is 2. The number of imide groups is 1. The Morgan fingerprint density at radius 1 is 1.14 bits per heavy atom. The van der Waals surface area contributed by atoms with Crippen LogP contribution in [-0.2, 0) is 24.0 Å². The van der Waals surface area contributed by atoms with Crippen molar-refractivity contribution >= 4 is 41.0 Å². The second-order valence-electron chi connectivity index (χ2n) is 9.40. The number of carbonyl (C=O) groups is 5. The molecule has 0 radical (unpaired) electrons. The number of allylic oxidation sites excluding steroid dienone is 6. The highest BCUT2D eigenvalue weighted by atomic mass is 35.5. The number of ketones is 2. The zero-order valence-electron chi connectivity index (χ0n) is 18.8. The number of carboxylic acid groups (broad SMARTS) is 1. The van der Waals surface area contributed by atoms with Crippen molar-refractivity contribution in [2.75, 3.05) is 6.54 Å². The molecule has 1 aliphatic heterocycles. The molecule has 2 N–H and O–H groups in total. The number of likely N-dealkylation sites (tertiary alicyclic amines) is 1. The maximum absolute atomic E-state index is 13.4. The summed E-state index contributed by atoms with van der Waals surface area (Å²) in [6.07, 6.45) is 3.12. The number of Topliss-reactive ketones (excluding diaryl/α,β-unsaturated/α-hetero) is 1. The van der Waals surface area contributed by atoms with Gasteiger partial charge in [0.2, 0.25) is 11.8 Å². The summed E-state index contributed by atoms with van der Waals surface area (Å²) in [5.41, 5.74) is 1.88. The van der Waals surface area contributed by atoms with Crippen molar-refractivity contribution in [3.05, 3.63) is 63.2 Å². The third-order valence-corrected chi connectivity index (χ3v) is 7.74. The van der Waals surface area contributed by atoms with Gasteiger partial charge in [0.25, 0.3) is 0 Å². The Kier molecular flexibility index (Phi) is 5.51. The fraction of sp³-hybridized carbons (Fsp3) is 0.346. The average molecular weight is 496 g/mol. The number of fused-ring (bicyclic) bond motifs is 3. The first-order chi connectivity index (χ1) is 16.6. The van der Waals surface area contributed by atoms with E-state index in [-0.39, 0.29) is 54.3 Å². The zero-order valence-corrected chi connectivity index (χ0v) is 19.5. The molecule has 1 fully saturated rings. The molecular weight excluding hydrogens is 474 g/mol. The minimum Gasteiger partial charge on any atom is -0.508 e. The highest BCUT2D eigenvalue weighted by Crippen LogP contribution is 2.56.